The van der Waals surface area contributed by atoms with Gasteiger partial charge in [-0.3, -0.25) is 0 Å². The van der Waals surface area contributed by atoms with Crippen LogP contribution in [0, 0.1) is 5.41 Å². The van der Waals surface area contributed by atoms with Crippen LogP contribution in [0.5, 0.6) is 0 Å². The van der Waals surface area contributed by atoms with Crippen LogP contribution >= 0.6 is 0 Å². The van der Waals surface area contributed by atoms with Gasteiger partial charge in [0.15, 0.2) is 0 Å². The Hall–Kier alpha value is -0.817. The SMILES string of the molecule is CCC1=Cc2ccccc2[CH]1[Zr+2][C]1=C(C)C(C)=C(C)C1(C)C.[F-].[F-]. The van der Waals surface area contributed by atoms with Gasteiger partial charge in [0.05, 0.1) is 0 Å². The van der Waals surface area contributed by atoms with Crippen molar-refractivity contribution in [3.8, 4) is 0 Å². The van der Waals surface area contributed by atoms with Crippen LogP contribution in [0.15, 0.2) is 49.8 Å². The predicted molar refractivity (Wildman–Crippen MR) is 92.3 cm³/mol. The smallest absolute Gasteiger partial charge is 1.00 e. The summed E-state index contributed by atoms with van der Waals surface area (Å²) < 4.78 is 2.56. The minimum absolute atomic E-state index is 0. The van der Waals surface area contributed by atoms with Crippen molar-refractivity contribution in [2.45, 2.75) is 51.6 Å². The summed E-state index contributed by atoms with van der Waals surface area (Å²) in [4.78, 5) is 0. The van der Waals surface area contributed by atoms with Crippen molar-refractivity contribution in [2.75, 3.05) is 0 Å². The maximum atomic E-state index is 2.46. The fourth-order valence-electron chi connectivity index (χ4n) is 3.89. The molecule has 0 saturated carbocycles. The monoisotopic (exact) mass is 406 g/mol. The van der Waals surface area contributed by atoms with E-state index in [-0.39, 0.29) is 14.8 Å². The van der Waals surface area contributed by atoms with Crippen molar-refractivity contribution in [2.24, 2.45) is 5.41 Å². The second kappa shape index (κ2) is 7.60. The van der Waals surface area contributed by atoms with Crippen LogP contribution in [0.25, 0.3) is 6.08 Å². The van der Waals surface area contributed by atoms with Crippen LogP contribution in [0.1, 0.15) is 62.7 Å². The van der Waals surface area contributed by atoms with Gasteiger partial charge in [-0.25, -0.2) is 0 Å². The van der Waals surface area contributed by atoms with Gasteiger partial charge in [0, 0.05) is 0 Å². The molecule has 0 nitrogen and oxygen atoms in total. The first-order valence-corrected chi connectivity index (χ1v) is 11.0. The van der Waals surface area contributed by atoms with Gasteiger partial charge in [-0.1, -0.05) is 0 Å². The van der Waals surface area contributed by atoms with Crippen molar-refractivity contribution in [3.05, 3.63) is 61.0 Å². The Kier molecular flexibility index (Phi) is 6.72. The quantitative estimate of drug-likeness (QED) is 0.675. The van der Waals surface area contributed by atoms with Crippen LogP contribution in [-0.2, 0) is 23.2 Å². The number of allylic oxidation sites excluding steroid dienone is 5. The van der Waals surface area contributed by atoms with Crippen LogP contribution in [0.2, 0.25) is 0 Å². The molecule has 24 heavy (non-hydrogen) atoms. The van der Waals surface area contributed by atoms with E-state index in [9.17, 15) is 0 Å². The summed E-state index contributed by atoms with van der Waals surface area (Å²) in [6, 6.07) is 9.05. The van der Waals surface area contributed by atoms with E-state index in [1.165, 1.54) is 12.0 Å². The first-order chi connectivity index (χ1) is 10.4. The molecule has 0 N–H and O–H groups in total. The molecule has 0 aromatic heterocycles. The number of fused-ring (bicyclic) bond motifs is 1. The zero-order valence-corrected chi connectivity index (χ0v) is 17.9. The van der Waals surface area contributed by atoms with Crippen LogP contribution in [0.3, 0.4) is 0 Å². The van der Waals surface area contributed by atoms with Gasteiger partial charge in [0.1, 0.15) is 0 Å². The molecule has 0 aliphatic heterocycles. The number of benzene rings is 1. The summed E-state index contributed by atoms with van der Waals surface area (Å²) in [5.74, 6) is 0. The molecule has 1 unspecified atom stereocenters. The number of halogens is 2. The Balaban J connectivity index is 0.00000144. The summed E-state index contributed by atoms with van der Waals surface area (Å²) in [6.07, 6.45) is 3.66. The van der Waals surface area contributed by atoms with E-state index in [2.05, 4.69) is 71.9 Å². The van der Waals surface area contributed by atoms with Crippen LogP contribution in [-0.4, -0.2) is 0 Å². The Morgan fingerprint density at radius 2 is 1.62 bits per heavy atom. The van der Waals surface area contributed by atoms with Crippen LogP contribution in [0.4, 0.5) is 0 Å². The molecule has 1 aromatic carbocycles. The predicted octanol–water partition coefficient (Wildman–Crippen LogP) is 0.275. The fourth-order valence-corrected chi connectivity index (χ4v) is 9.13. The molecule has 0 spiro atoms. The van der Waals surface area contributed by atoms with Crippen molar-refractivity contribution in [1.29, 1.82) is 0 Å². The molecule has 0 radical (unpaired) electrons. The second-order valence-electron chi connectivity index (χ2n) is 7.15. The Bertz CT molecular complexity index is 723. The van der Waals surface area contributed by atoms with E-state index >= 15 is 0 Å². The van der Waals surface area contributed by atoms with Crippen molar-refractivity contribution in [1.82, 2.24) is 0 Å². The summed E-state index contributed by atoms with van der Waals surface area (Å²) in [5, 5.41) is 0. The Morgan fingerprint density at radius 3 is 2.17 bits per heavy atom. The van der Waals surface area contributed by atoms with E-state index in [0.29, 0.717) is 0 Å². The maximum absolute atomic E-state index is 2.46. The van der Waals surface area contributed by atoms with Gasteiger partial charge in [-0.2, -0.15) is 0 Å². The molecule has 3 heteroatoms. The largest absolute Gasteiger partial charge is 1.00 e. The number of hydrogen-bond acceptors (Lipinski definition) is 0. The van der Waals surface area contributed by atoms with Gasteiger partial charge >= 0.3 is 147 Å². The molecule has 0 amide bonds. The summed E-state index contributed by atoms with van der Waals surface area (Å²) in [6.45, 7) is 14.2. The molecular weight excluding hydrogens is 381 g/mol. The minimum Gasteiger partial charge on any atom is -1.00 e. The van der Waals surface area contributed by atoms with Gasteiger partial charge < -0.3 is 9.41 Å². The molecule has 3 rings (SSSR count). The zero-order chi connectivity index (χ0) is 16.1. The zero-order valence-electron chi connectivity index (χ0n) is 15.4. The van der Waals surface area contributed by atoms with Crippen LogP contribution < -0.4 is 9.41 Å². The molecule has 0 saturated heterocycles. The van der Waals surface area contributed by atoms with E-state index in [1.807, 2.05) is 3.28 Å². The number of hydrogen-bond donors (Lipinski definition) is 0. The molecule has 1 atom stereocenters. The molecule has 0 heterocycles. The van der Waals surface area contributed by atoms with Crippen molar-refractivity contribution >= 4 is 6.08 Å². The first-order valence-electron chi connectivity index (χ1n) is 8.33. The molecular formula is C21H26F2Zr. The van der Waals surface area contributed by atoms with E-state index in [0.717, 1.165) is 3.63 Å². The molecule has 0 bridgehead atoms. The third-order valence-electron chi connectivity index (χ3n) is 5.78. The van der Waals surface area contributed by atoms with Gasteiger partial charge in [0.25, 0.3) is 0 Å². The Morgan fingerprint density at radius 1 is 1.00 bits per heavy atom. The van der Waals surface area contributed by atoms with E-state index in [1.54, 1.807) is 27.9 Å². The standard InChI is InChI=1S/C11H11.C10H15.2FH.Zr/c1-2-9-7-10-5-3-4-6-11(10)8-9;1-7-6-10(4,5)9(3)8(7)2;;;/h3-8H,2H2,1H3;1-5H3;2*1H;/q;;;;+2/p-2. The average molecular weight is 408 g/mol. The first kappa shape index (κ1) is 21.2. The van der Waals surface area contributed by atoms with Gasteiger partial charge in [-0.05, 0) is 0 Å². The van der Waals surface area contributed by atoms with Gasteiger partial charge in [0.2, 0.25) is 0 Å². The summed E-state index contributed by atoms with van der Waals surface area (Å²) in [5.41, 5.74) is 9.78. The van der Waals surface area contributed by atoms with Crippen molar-refractivity contribution in [3.63, 3.8) is 0 Å². The van der Waals surface area contributed by atoms with Gasteiger partial charge in [-0.15, -0.1) is 0 Å². The molecule has 1 aromatic rings. The third-order valence-corrected chi connectivity index (χ3v) is 11.3. The number of rotatable bonds is 3. The molecule has 128 valence electrons. The summed E-state index contributed by atoms with van der Waals surface area (Å²) >= 11 is -0.689. The average Bonchev–Trinajstić information content (AvgIpc) is 2.93. The van der Waals surface area contributed by atoms with Crippen molar-refractivity contribution < 1.29 is 32.6 Å². The minimum atomic E-state index is -0.689. The third kappa shape index (κ3) is 3.17. The molecule has 2 aliphatic rings. The molecule has 0 fully saturated rings. The fraction of sp³-hybridized carbons (Fsp3) is 0.429. The molecule has 2 aliphatic carbocycles. The van der Waals surface area contributed by atoms with E-state index in [4.69, 9.17) is 0 Å². The topological polar surface area (TPSA) is 0 Å². The summed E-state index contributed by atoms with van der Waals surface area (Å²) in [7, 11) is 0. The maximum Gasteiger partial charge on any atom is -1.00 e. The second-order valence-corrected chi connectivity index (χ2v) is 10.5. The normalized spacial score (nSPS) is 20.9. The Labute approximate surface area is 156 Å². The van der Waals surface area contributed by atoms with E-state index < -0.39 is 23.2 Å².